The third kappa shape index (κ3) is 3.88. The summed E-state index contributed by atoms with van der Waals surface area (Å²) in [6.45, 7) is 1.62. The Morgan fingerprint density at radius 2 is 2.07 bits per heavy atom. The molecule has 1 aromatic carbocycles. The van der Waals surface area contributed by atoms with Gasteiger partial charge in [-0.3, -0.25) is 19.1 Å². The summed E-state index contributed by atoms with van der Waals surface area (Å²) >= 11 is 0. The average molecular weight is 383 g/mol. The Hall–Kier alpha value is -3.23. The summed E-state index contributed by atoms with van der Waals surface area (Å²) in [4.78, 5) is 42.3. The van der Waals surface area contributed by atoms with Crippen LogP contribution in [-0.4, -0.2) is 57.0 Å². The molecule has 0 unspecified atom stereocenters. The predicted octanol–water partition coefficient (Wildman–Crippen LogP) is 1.12. The van der Waals surface area contributed by atoms with Gasteiger partial charge in [-0.25, -0.2) is 4.98 Å². The number of aryl methyl sites for hydroxylation is 1. The number of carbonyl (C=O) groups excluding carboxylic acids is 3. The topological polar surface area (TPSA) is 106 Å². The number of piperidine rings is 1. The van der Waals surface area contributed by atoms with Crippen LogP contribution in [0.4, 0.5) is 5.69 Å². The van der Waals surface area contributed by atoms with Gasteiger partial charge < -0.3 is 15.0 Å². The van der Waals surface area contributed by atoms with Gasteiger partial charge in [0.05, 0.1) is 12.2 Å². The fourth-order valence-electron chi connectivity index (χ4n) is 3.58. The summed E-state index contributed by atoms with van der Waals surface area (Å²) < 4.78 is 6.96. The smallest absolute Gasteiger partial charge is 0.262 e. The monoisotopic (exact) mass is 383 g/mol. The van der Waals surface area contributed by atoms with Crippen LogP contribution in [0.5, 0.6) is 5.75 Å². The molecule has 2 aromatic rings. The molecule has 9 nitrogen and oxygen atoms in total. The van der Waals surface area contributed by atoms with Gasteiger partial charge in [0, 0.05) is 31.0 Å². The van der Waals surface area contributed by atoms with E-state index in [4.69, 9.17) is 4.74 Å². The Morgan fingerprint density at radius 3 is 2.82 bits per heavy atom. The molecule has 28 heavy (non-hydrogen) atoms. The van der Waals surface area contributed by atoms with Crippen LogP contribution >= 0.6 is 0 Å². The number of aromatic nitrogens is 3. The highest BCUT2D eigenvalue weighted by Gasteiger charge is 2.28. The number of anilines is 1. The van der Waals surface area contributed by atoms with Crippen molar-refractivity contribution >= 4 is 23.3 Å². The van der Waals surface area contributed by atoms with Crippen LogP contribution in [0.2, 0.25) is 0 Å². The van der Waals surface area contributed by atoms with Crippen LogP contribution in [0.3, 0.4) is 0 Å². The molecule has 0 aliphatic carbocycles. The predicted molar refractivity (Wildman–Crippen MR) is 98.8 cm³/mol. The molecule has 1 aromatic heterocycles. The Labute approximate surface area is 161 Å². The zero-order chi connectivity index (χ0) is 19.5. The lowest BCUT2D eigenvalue weighted by Crippen LogP contribution is -2.40. The number of ketones is 1. The molecule has 0 saturated carbocycles. The van der Waals surface area contributed by atoms with Gasteiger partial charge in [0.15, 0.2) is 12.4 Å². The highest BCUT2D eigenvalue weighted by molar-refractivity contribution is 6.01. The second-order valence-electron chi connectivity index (χ2n) is 6.98. The Morgan fingerprint density at radius 1 is 1.25 bits per heavy atom. The maximum absolute atomic E-state index is 12.8. The van der Waals surface area contributed by atoms with Crippen LogP contribution in [0, 0.1) is 5.92 Å². The number of rotatable bonds is 5. The van der Waals surface area contributed by atoms with Crippen molar-refractivity contribution in [2.75, 3.05) is 25.0 Å². The quantitative estimate of drug-likeness (QED) is 0.776. The van der Waals surface area contributed by atoms with Crippen molar-refractivity contribution in [2.45, 2.75) is 25.8 Å². The second kappa shape index (κ2) is 7.79. The van der Waals surface area contributed by atoms with Gasteiger partial charge in [-0.15, -0.1) is 0 Å². The molecule has 2 amide bonds. The molecule has 3 heterocycles. The summed E-state index contributed by atoms with van der Waals surface area (Å²) in [6.07, 6.45) is 4.66. The summed E-state index contributed by atoms with van der Waals surface area (Å²) in [5.74, 6) is 0.323. The van der Waals surface area contributed by atoms with E-state index in [1.807, 2.05) is 4.90 Å². The lowest BCUT2D eigenvalue weighted by molar-refractivity contribution is -0.132. The fourth-order valence-corrected chi connectivity index (χ4v) is 3.58. The number of ether oxygens (including phenoxy) is 1. The van der Waals surface area contributed by atoms with Crippen molar-refractivity contribution in [3.05, 3.63) is 36.4 Å². The summed E-state index contributed by atoms with van der Waals surface area (Å²) in [6, 6.07) is 5.11. The molecule has 0 bridgehead atoms. The zero-order valence-electron chi connectivity index (χ0n) is 15.3. The highest BCUT2D eigenvalue weighted by atomic mass is 16.5. The molecule has 0 radical (unpaired) electrons. The first-order chi connectivity index (χ1) is 13.6. The van der Waals surface area contributed by atoms with E-state index in [0.29, 0.717) is 55.9 Å². The third-order valence-electron chi connectivity index (χ3n) is 5.14. The van der Waals surface area contributed by atoms with Gasteiger partial charge in [0.25, 0.3) is 5.91 Å². The van der Waals surface area contributed by atoms with E-state index in [-0.39, 0.29) is 30.1 Å². The Bertz CT molecular complexity index is 888. The molecule has 0 spiro atoms. The number of amides is 2. The first-order valence-electron chi connectivity index (χ1n) is 9.31. The maximum atomic E-state index is 12.8. The SMILES string of the molecule is O=C1COc2ccc(C(=O)C3CCN(C(=O)CCn4cncn4)CC3)cc2N1. The molecule has 4 rings (SSSR count). The molecule has 2 aliphatic heterocycles. The van der Waals surface area contributed by atoms with Crippen molar-refractivity contribution in [1.29, 1.82) is 0 Å². The standard InChI is InChI=1S/C19H21N5O4/c25-17-10-28-16-2-1-14(9-15(16)22-17)19(27)13-3-6-23(7-4-13)18(26)5-8-24-12-20-11-21-24/h1-2,9,11-13H,3-8,10H2,(H,22,25). The van der Waals surface area contributed by atoms with Gasteiger partial charge in [0.2, 0.25) is 5.91 Å². The molecule has 1 fully saturated rings. The van der Waals surface area contributed by atoms with Gasteiger partial charge in [-0.2, -0.15) is 5.10 Å². The van der Waals surface area contributed by atoms with Gasteiger partial charge >= 0.3 is 0 Å². The average Bonchev–Trinajstić information content (AvgIpc) is 3.24. The number of carbonyl (C=O) groups is 3. The van der Waals surface area contributed by atoms with Crippen molar-refractivity contribution < 1.29 is 19.1 Å². The number of nitrogens with zero attached hydrogens (tertiary/aromatic N) is 4. The number of hydrogen-bond donors (Lipinski definition) is 1. The first-order valence-corrected chi connectivity index (χ1v) is 9.31. The summed E-state index contributed by atoms with van der Waals surface area (Å²) in [7, 11) is 0. The zero-order valence-corrected chi connectivity index (χ0v) is 15.3. The number of hydrogen-bond acceptors (Lipinski definition) is 6. The number of likely N-dealkylation sites (tertiary alicyclic amines) is 1. The van der Waals surface area contributed by atoms with E-state index >= 15 is 0 Å². The van der Waals surface area contributed by atoms with E-state index in [2.05, 4.69) is 15.4 Å². The van der Waals surface area contributed by atoms with E-state index in [1.54, 1.807) is 29.2 Å². The Kier molecular flexibility index (Phi) is 5.05. The van der Waals surface area contributed by atoms with Crippen LogP contribution in [0.15, 0.2) is 30.9 Å². The van der Waals surface area contributed by atoms with Gasteiger partial charge in [-0.05, 0) is 31.0 Å². The van der Waals surface area contributed by atoms with Crippen LogP contribution < -0.4 is 10.1 Å². The van der Waals surface area contributed by atoms with Crippen LogP contribution in [0.25, 0.3) is 0 Å². The third-order valence-corrected chi connectivity index (χ3v) is 5.14. The van der Waals surface area contributed by atoms with Crippen molar-refractivity contribution in [3.63, 3.8) is 0 Å². The minimum Gasteiger partial charge on any atom is -0.482 e. The van der Waals surface area contributed by atoms with Crippen LogP contribution in [-0.2, 0) is 16.1 Å². The maximum Gasteiger partial charge on any atom is 0.262 e. The van der Waals surface area contributed by atoms with Crippen molar-refractivity contribution in [3.8, 4) is 5.75 Å². The number of Topliss-reactive ketones (excluding diaryl/α,β-unsaturated/α-hetero) is 1. The van der Waals surface area contributed by atoms with Crippen LogP contribution in [0.1, 0.15) is 29.6 Å². The number of benzene rings is 1. The number of nitrogens with one attached hydrogen (secondary N) is 1. The first kappa shape index (κ1) is 18.1. The van der Waals surface area contributed by atoms with Crippen molar-refractivity contribution in [1.82, 2.24) is 19.7 Å². The molecule has 1 saturated heterocycles. The minimum absolute atomic E-state index is 0.0102. The minimum atomic E-state index is -0.227. The highest BCUT2D eigenvalue weighted by Crippen LogP contribution is 2.30. The van der Waals surface area contributed by atoms with E-state index < -0.39 is 0 Å². The van der Waals surface area contributed by atoms with E-state index in [0.717, 1.165) is 0 Å². The largest absolute Gasteiger partial charge is 0.482 e. The van der Waals surface area contributed by atoms with Crippen molar-refractivity contribution in [2.24, 2.45) is 5.92 Å². The van der Waals surface area contributed by atoms with E-state index in [1.165, 1.54) is 6.33 Å². The van der Waals surface area contributed by atoms with Gasteiger partial charge in [0.1, 0.15) is 18.4 Å². The molecule has 2 aliphatic rings. The fraction of sp³-hybridized carbons (Fsp3) is 0.421. The lowest BCUT2D eigenvalue weighted by atomic mass is 9.88. The molecule has 146 valence electrons. The van der Waals surface area contributed by atoms with E-state index in [9.17, 15) is 14.4 Å². The summed E-state index contributed by atoms with van der Waals surface area (Å²) in [5, 5.41) is 6.72. The number of fused-ring (bicyclic) bond motifs is 1. The van der Waals surface area contributed by atoms with Gasteiger partial charge in [-0.1, -0.05) is 0 Å². The molecular weight excluding hydrogens is 362 g/mol. The lowest BCUT2D eigenvalue weighted by Gasteiger charge is -2.31. The second-order valence-corrected chi connectivity index (χ2v) is 6.98. The molecular formula is C19H21N5O4. The molecule has 9 heteroatoms. The summed E-state index contributed by atoms with van der Waals surface area (Å²) in [5.41, 5.74) is 1.09. The normalized spacial score (nSPS) is 16.9. The Balaban J connectivity index is 1.32. The molecule has 0 atom stereocenters. The molecule has 1 N–H and O–H groups in total.